The summed E-state index contributed by atoms with van der Waals surface area (Å²) in [6, 6.07) is 0. The zero-order chi connectivity index (χ0) is 27.3. The van der Waals surface area contributed by atoms with Gasteiger partial charge in [0, 0.05) is 6.54 Å². The lowest BCUT2D eigenvalue weighted by Crippen LogP contribution is -2.39. The minimum atomic E-state index is -2.54. The van der Waals surface area contributed by atoms with Crippen LogP contribution in [0.3, 0.4) is 0 Å². The van der Waals surface area contributed by atoms with Crippen LogP contribution in [-0.2, 0) is 9.59 Å². The number of nitrogens with zero attached hydrogens (tertiary/aromatic N) is 3. The molecule has 0 fully saturated rings. The Kier molecular flexibility index (Phi) is 9.07. The monoisotopic (exact) mass is 535 g/mol. The number of nitrogens with one attached hydrogen (secondary N) is 1. The van der Waals surface area contributed by atoms with Gasteiger partial charge in [-0.1, -0.05) is 0 Å². The molecule has 0 aliphatic rings. The first-order valence-corrected chi connectivity index (χ1v) is 9.01. The van der Waals surface area contributed by atoms with E-state index in [1.165, 1.54) is 0 Å². The lowest BCUT2D eigenvalue weighted by molar-refractivity contribution is -0.139. The highest BCUT2D eigenvalue weighted by Crippen LogP contribution is 2.30. The molecule has 0 atom stereocenters. The van der Waals surface area contributed by atoms with Gasteiger partial charge in [0.15, 0.2) is 0 Å². The Morgan fingerprint density at radius 2 is 0.944 bits per heavy atom. The van der Waals surface area contributed by atoms with Gasteiger partial charge in [-0.2, -0.15) is 17.6 Å². The SMILES string of the molecule is N=[N+]=NCCN(CC(=O)Oc1c(F)c(F)c(F)c(F)c1F)CC(=O)Oc1c(F)c(F)c(F)c(F)c1F. The fraction of sp³-hybridized carbons (Fsp3) is 0.222. The maximum absolute atomic E-state index is 13.7. The van der Waals surface area contributed by atoms with E-state index >= 15 is 0 Å². The van der Waals surface area contributed by atoms with Crippen LogP contribution in [0.1, 0.15) is 0 Å². The molecule has 0 unspecified atom stereocenters. The number of hydrogen-bond acceptors (Lipinski definition) is 7. The molecule has 2 rings (SSSR count). The van der Waals surface area contributed by atoms with E-state index in [-0.39, 0.29) is 0 Å². The normalized spacial score (nSPS) is 10.9. The number of ether oxygens (including phenoxy) is 2. The predicted octanol–water partition coefficient (Wildman–Crippen LogP) is 3.44. The van der Waals surface area contributed by atoms with E-state index in [1.807, 2.05) is 0 Å². The van der Waals surface area contributed by atoms with Crippen molar-refractivity contribution < 1.29 is 63.0 Å². The standard InChI is InChI=1S/C18H9F10N4O4/c19-7-9(21)13(25)17(14(26)10(7)22)35-5(33)3-32(2-1-30-31-29)4-6(34)36-18-15(27)11(23)8(20)12(24)16(18)28/h29H,1-4H2/q+1. The van der Waals surface area contributed by atoms with E-state index in [2.05, 4.69) is 19.5 Å². The molecule has 2 aromatic rings. The maximum atomic E-state index is 13.7. The Labute approximate surface area is 192 Å². The highest BCUT2D eigenvalue weighted by molar-refractivity contribution is 5.77. The first-order valence-electron chi connectivity index (χ1n) is 9.01. The number of carbonyl (C=O) groups is 2. The van der Waals surface area contributed by atoms with E-state index in [9.17, 15) is 53.5 Å². The lowest BCUT2D eigenvalue weighted by Gasteiger charge is -2.19. The van der Waals surface area contributed by atoms with Crippen molar-refractivity contribution in [3.05, 3.63) is 58.2 Å². The summed E-state index contributed by atoms with van der Waals surface area (Å²) in [5.74, 6) is -32.2. The van der Waals surface area contributed by atoms with Gasteiger partial charge < -0.3 is 9.47 Å². The molecule has 0 aliphatic heterocycles. The summed E-state index contributed by atoms with van der Waals surface area (Å²) in [6.45, 7) is -3.39. The van der Waals surface area contributed by atoms with Crippen LogP contribution in [0, 0.1) is 63.7 Å². The zero-order valence-corrected chi connectivity index (χ0v) is 17.1. The third-order valence-corrected chi connectivity index (χ3v) is 4.06. The lowest BCUT2D eigenvalue weighted by atomic mass is 10.2. The van der Waals surface area contributed by atoms with Gasteiger partial charge in [-0.05, 0) is 0 Å². The zero-order valence-electron chi connectivity index (χ0n) is 17.1. The number of rotatable bonds is 9. The van der Waals surface area contributed by atoms with E-state index in [0.29, 0.717) is 4.90 Å². The minimum Gasteiger partial charge on any atom is -0.419 e. The fourth-order valence-corrected chi connectivity index (χ4v) is 2.46. The summed E-state index contributed by atoms with van der Waals surface area (Å²) in [6.07, 6.45) is 0. The van der Waals surface area contributed by atoms with Crippen molar-refractivity contribution in [3.63, 3.8) is 0 Å². The molecular formula is C18H9F10N4O4+. The molecule has 36 heavy (non-hydrogen) atoms. The average molecular weight is 535 g/mol. The van der Waals surface area contributed by atoms with E-state index in [1.54, 1.807) is 0 Å². The summed E-state index contributed by atoms with van der Waals surface area (Å²) >= 11 is 0. The molecule has 0 heterocycles. The summed E-state index contributed by atoms with van der Waals surface area (Å²) < 4.78 is 142. The molecule has 2 aromatic carbocycles. The van der Waals surface area contributed by atoms with Crippen molar-refractivity contribution in [1.82, 2.24) is 9.81 Å². The average Bonchev–Trinajstić information content (AvgIpc) is 2.84. The molecule has 0 aliphatic carbocycles. The molecule has 194 valence electrons. The predicted molar refractivity (Wildman–Crippen MR) is 92.3 cm³/mol. The van der Waals surface area contributed by atoms with Gasteiger partial charge in [0.25, 0.3) is 0 Å². The van der Waals surface area contributed by atoms with Crippen molar-refractivity contribution in [2.24, 2.45) is 5.11 Å². The van der Waals surface area contributed by atoms with Gasteiger partial charge in [-0.3, -0.25) is 14.5 Å². The highest BCUT2D eigenvalue weighted by atomic mass is 19.2. The van der Waals surface area contributed by atoms with Gasteiger partial charge in [0.05, 0.1) is 13.1 Å². The Hall–Kier alpha value is -4.05. The summed E-state index contributed by atoms with van der Waals surface area (Å²) in [5, 5.41) is 3.14. The van der Waals surface area contributed by atoms with E-state index in [0.717, 1.165) is 0 Å². The minimum absolute atomic E-state index is 0.463. The smallest absolute Gasteiger partial charge is 0.325 e. The second-order valence-electron chi connectivity index (χ2n) is 6.42. The number of carbonyl (C=O) groups excluding carboxylic acids is 2. The molecule has 0 bridgehead atoms. The second kappa shape index (κ2) is 11.6. The molecule has 0 saturated carbocycles. The molecule has 0 radical (unpaired) electrons. The molecule has 0 aromatic heterocycles. The van der Waals surface area contributed by atoms with Gasteiger partial charge in [-0.25, -0.2) is 26.3 Å². The van der Waals surface area contributed by atoms with Crippen LogP contribution in [0.2, 0.25) is 0 Å². The molecule has 1 N–H and O–H groups in total. The Morgan fingerprint density at radius 3 is 1.25 bits per heavy atom. The third-order valence-electron chi connectivity index (χ3n) is 4.06. The van der Waals surface area contributed by atoms with Gasteiger partial charge in [0.2, 0.25) is 74.6 Å². The van der Waals surface area contributed by atoms with Crippen LogP contribution in [0.15, 0.2) is 5.11 Å². The summed E-state index contributed by atoms with van der Waals surface area (Å²) in [7, 11) is 0. The first-order chi connectivity index (χ1) is 16.8. The van der Waals surface area contributed by atoms with Crippen LogP contribution in [-0.4, -0.2) is 43.0 Å². The summed E-state index contributed by atoms with van der Waals surface area (Å²) in [4.78, 5) is 27.2. The fourth-order valence-electron chi connectivity index (χ4n) is 2.46. The molecule has 0 saturated heterocycles. The Bertz CT molecular complexity index is 1130. The maximum Gasteiger partial charge on any atom is 0.325 e. The topological polar surface area (TPSA) is 106 Å². The Balaban J connectivity index is 2.23. The van der Waals surface area contributed by atoms with Crippen molar-refractivity contribution in [3.8, 4) is 11.5 Å². The van der Waals surface area contributed by atoms with Crippen LogP contribution in [0.4, 0.5) is 43.9 Å². The van der Waals surface area contributed by atoms with Crippen LogP contribution in [0.5, 0.6) is 11.5 Å². The van der Waals surface area contributed by atoms with Crippen molar-refractivity contribution in [1.29, 1.82) is 5.53 Å². The summed E-state index contributed by atoms with van der Waals surface area (Å²) in [5.41, 5.74) is 6.52. The largest absolute Gasteiger partial charge is 0.419 e. The second-order valence-corrected chi connectivity index (χ2v) is 6.42. The van der Waals surface area contributed by atoms with Crippen molar-refractivity contribution >= 4 is 11.9 Å². The van der Waals surface area contributed by atoms with Crippen molar-refractivity contribution in [2.75, 3.05) is 26.2 Å². The van der Waals surface area contributed by atoms with Crippen LogP contribution in [0.25, 0.3) is 0 Å². The molecular weight excluding hydrogens is 526 g/mol. The van der Waals surface area contributed by atoms with Gasteiger partial charge in [0.1, 0.15) is 17.2 Å². The molecule has 18 heteroatoms. The number of esters is 2. The third kappa shape index (κ3) is 5.95. The Morgan fingerprint density at radius 1 is 0.639 bits per heavy atom. The van der Waals surface area contributed by atoms with Crippen molar-refractivity contribution in [2.45, 2.75) is 0 Å². The van der Waals surface area contributed by atoms with Gasteiger partial charge in [-0.15, -0.1) is 0 Å². The molecule has 0 spiro atoms. The number of hydrogen-bond donors (Lipinski definition) is 1. The highest BCUT2D eigenvalue weighted by Gasteiger charge is 2.31. The molecule has 8 nitrogen and oxygen atoms in total. The van der Waals surface area contributed by atoms with E-state index in [4.69, 9.17) is 5.53 Å². The molecule has 0 amide bonds. The number of benzene rings is 2. The van der Waals surface area contributed by atoms with E-state index < -0.39 is 108 Å². The quantitative estimate of drug-likeness (QED) is 0.101. The van der Waals surface area contributed by atoms with Gasteiger partial charge >= 0.3 is 11.9 Å². The van der Waals surface area contributed by atoms with Crippen LogP contribution >= 0.6 is 0 Å². The number of halogens is 10. The first kappa shape index (κ1) is 28.2. The van der Waals surface area contributed by atoms with Crippen LogP contribution < -0.4 is 14.4 Å².